The normalized spacial score (nSPS) is 25.0. The van der Waals surface area contributed by atoms with Gasteiger partial charge in [-0.3, -0.25) is 23.4 Å². The molecule has 0 aliphatic heterocycles. The molecule has 0 heterocycles. The Hall–Kier alpha value is -1.41. The lowest BCUT2D eigenvalue weighted by molar-refractivity contribution is -0.243. The molecule has 15 nitrogen and oxygen atoms in total. The third-order valence-electron chi connectivity index (χ3n) is 6.24. The van der Waals surface area contributed by atoms with Crippen LogP contribution in [0.2, 0.25) is 0 Å². The summed E-state index contributed by atoms with van der Waals surface area (Å²) in [4.78, 5) is 76.3. The molecule has 2 unspecified atom stereocenters. The molecule has 17 heteroatoms. The number of phosphoric ester groups is 2. The molecular weight excluding hydrogens is 590 g/mol. The van der Waals surface area contributed by atoms with Crippen LogP contribution in [0.5, 0.6) is 0 Å². The van der Waals surface area contributed by atoms with Crippen molar-refractivity contribution in [2.75, 3.05) is 0 Å². The maximum atomic E-state index is 12.8. The number of hydrogen-bond acceptors (Lipinski definition) is 11. The first-order valence-corrected chi connectivity index (χ1v) is 16.9. The lowest BCUT2D eigenvalue weighted by Gasteiger charge is -2.46. The van der Waals surface area contributed by atoms with Gasteiger partial charge in [0.15, 0.2) is 18.3 Å². The van der Waals surface area contributed by atoms with E-state index in [0.29, 0.717) is 38.5 Å². The molecule has 0 spiro atoms. The predicted molar refractivity (Wildman–Crippen MR) is 142 cm³/mol. The van der Waals surface area contributed by atoms with Gasteiger partial charge in [-0.25, -0.2) is 9.13 Å². The summed E-state index contributed by atoms with van der Waals surface area (Å²) in [5.74, 6) is -2.68. The Kier molecular flexibility index (Phi) is 16.8. The number of esters is 3. The topological polar surface area (TPSA) is 233 Å². The van der Waals surface area contributed by atoms with E-state index in [1.54, 1.807) is 0 Å². The molecule has 1 saturated carbocycles. The fourth-order valence-electron chi connectivity index (χ4n) is 4.29. The third kappa shape index (κ3) is 14.5. The second kappa shape index (κ2) is 18.3. The van der Waals surface area contributed by atoms with Crippen LogP contribution in [0.1, 0.15) is 97.8 Å². The zero-order valence-corrected chi connectivity index (χ0v) is 25.5. The van der Waals surface area contributed by atoms with Crippen molar-refractivity contribution >= 4 is 33.6 Å². The van der Waals surface area contributed by atoms with Crippen LogP contribution >= 0.6 is 15.6 Å². The summed E-state index contributed by atoms with van der Waals surface area (Å²) < 4.78 is 49.3. The van der Waals surface area contributed by atoms with Crippen molar-refractivity contribution in [2.24, 2.45) is 0 Å². The minimum Gasteiger partial charge on any atom is -0.455 e. The maximum absolute atomic E-state index is 12.8. The Labute approximate surface area is 239 Å². The zero-order chi connectivity index (χ0) is 31.2. The van der Waals surface area contributed by atoms with E-state index in [4.69, 9.17) is 23.3 Å². The number of rotatable bonds is 19. The number of aliphatic hydroxyl groups is 1. The minimum absolute atomic E-state index is 0.144. The zero-order valence-electron chi connectivity index (χ0n) is 23.7. The van der Waals surface area contributed by atoms with Crippen LogP contribution in [0, 0.1) is 0 Å². The predicted octanol–water partition coefficient (Wildman–Crippen LogP) is 2.79. The van der Waals surface area contributed by atoms with Crippen molar-refractivity contribution in [1.29, 1.82) is 0 Å². The molecular formula is C24H44O15P2. The highest BCUT2D eigenvalue weighted by molar-refractivity contribution is 7.46. The molecule has 5 N–H and O–H groups in total. The monoisotopic (exact) mass is 634 g/mol. The first kappa shape index (κ1) is 37.6. The van der Waals surface area contributed by atoms with Crippen molar-refractivity contribution in [3.63, 3.8) is 0 Å². The van der Waals surface area contributed by atoms with Crippen LogP contribution in [0.3, 0.4) is 0 Å². The second-order valence-corrected chi connectivity index (χ2v) is 12.2. The lowest BCUT2D eigenvalue weighted by Crippen LogP contribution is -2.67. The Balaban J connectivity index is 3.60. The highest BCUT2D eigenvalue weighted by atomic mass is 31.2. The summed E-state index contributed by atoms with van der Waals surface area (Å²) in [6, 6.07) is 0. The summed E-state index contributed by atoms with van der Waals surface area (Å²) in [6.07, 6.45) is -7.60. The molecule has 240 valence electrons. The van der Waals surface area contributed by atoms with Gasteiger partial charge in [0.2, 0.25) is 0 Å². The Morgan fingerprint density at radius 3 is 1.05 bits per heavy atom. The molecule has 1 aliphatic carbocycles. The fraction of sp³-hybridized carbons (Fsp3) is 0.875. The average molecular weight is 635 g/mol. The Morgan fingerprint density at radius 1 is 0.537 bits per heavy atom. The summed E-state index contributed by atoms with van der Waals surface area (Å²) in [6.45, 7) is 5.67. The summed E-state index contributed by atoms with van der Waals surface area (Å²) in [5, 5.41) is 11.0. The van der Waals surface area contributed by atoms with Crippen LogP contribution in [-0.4, -0.2) is 79.2 Å². The van der Waals surface area contributed by atoms with E-state index in [-0.39, 0.29) is 19.3 Å². The van der Waals surface area contributed by atoms with Crippen molar-refractivity contribution in [3.05, 3.63) is 0 Å². The van der Waals surface area contributed by atoms with Crippen LogP contribution in [-0.2, 0) is 46.8 Å². The number of unbranched alkanes of at least 4 members (excludes halogenated alkanes) is 6. The minimum atomic E-state index is -5.45. The number of hydrogen-bond donors (Lipinski definition) is 5. The quantitative estimate of drug-likeness (QED) is 0.0595. The molecule has 1 rings (SSSR count). The van der Waals surface area contributed by atoms with Gasteiger partial charge in [0.25, 0.3) is 0 Å². The molecule has 41 heavy (non-hydrogen) atoms. The fourth-order valence-corrected chi connectivity index (χ4v) is 5.41. The van der Waals surface area contributed by atoms with E-state index in [9.17, 15) is 48.2 Å². The molecule has 0 amide bonds. The summed E-state index contributed by atoms with van der Waals surface area (Å²) in [7, 11) is -10.9. The molecule has 0 radical (unpaired) electrons. The molecule has 0 aromatic heterocycles. The lowest BCUT2D eigenvalue weighted by atomic mass is 9.84. The summed E-state index contributed by atoms with van der Waals surface area (Å²) >= 11 is 0. The van der Waals surface area contributed by atoms with Gasteiger partial charge >= 0.3 is 33.6 Å². The largest absolute Gasteiger partial charge is 0.470 e. The van der Waals surface area contributed by atoms with Gasteiger partial charge in [0.05, 0.1) is 0 Å². The first-order valence-electron chi connectivity index (χ1n) is 13.9. The number of carbonyl (C=O) groups is 3. The van der Waals surface area contributed by atoms with E-state index in [2.05, 4.69) is 0 Å². The second-order valence-electron chi connectivity index (χ2n) is 9.85. The molecule has 6 atom stereocenters. The van der Waals surface area contributed by atoms with Gasteiger partial charge in [-0.1, -0.05) is 59.3 Å². The molecule has 0 aromatic rings. The highest BCUT2D eigenvalue weighted by Crippen LogP contribution is 2.47. The van der Waals surface area contributed by atoms with Crippen LogP contribution in [0.25, 0.3) is 0 Å². The number of ether oxygens (including phenoxy) is 3. The third-order valence-corrected chi connectivity index (χ3v) is 7.28. The number of aliphatic hydroxyl groups excluding tert-OH is 1. The van der Waals surface area contributed by atoms with E-state index < -0.39 is 70.2 Å². The highest BCUT2D eigenvalue weighted by Gasteiger charge is 2.59. The van der Waals surface area contributed by atoms with E-state index in [1.165, 1.54) is 0 Å². The molecule has 1 aliphatic rings. The molecule has 0 saturated heterocycles. The van der Waals surface area contributed by atoms with Crippen molar-refractivity contribution in [1.82, 2.24) is 0 Å². The molecule has 0 bridgehead atoms. The van der Waals surface area contributed by atoms with Crippen LogP contribution in [0.4, 0.5) is 0 Å². The van der Waals surface area contributed by atoms with Crippen LogP contribution < -0.4 is 0 Å². The van der Waals surface area contributed by atoms with Gasteiger partial charge in [0, 0.05) is 19.3 Å². The van der Waals surface area contributed by atoms with E-state index in [0.717, 1.165) is 19.3 Å². The summed E-state index contributed by atoms with van der Waals surface area (Å²) in [5.41, 5.74) is 0. The number of carbonyl (C=O) groups excluding carboxylic acids is 3. The van der Waals surface area contributed by atoms with E-state index in [1.807, 2.05) is 20.8 Å². The Morgan fingerprint density at radius 2 is 0.805 bits per heavy atom. The molecule has 1 fully saturated rings. The average Bonchev–Trinajstić information content (AvgIpc) is 2.85. The van der Waals surface area contributed by atoms with E-state index >= 15 is 0 Å². The van der Waals surface area contributed by atoms with Gasteiger partial charge in [0.1, 0.15) is 18.3 Å². The smallest absolute Gasteiger partial charge is 0.455 e. The molecule has 0 aromatic carbocycles. The van der Waals surface area contributed by atoms with Gasteiger partial charge in [-0.2, -0.15) is 0 Å². The van der Waals surface area contributed by atoms with Gasteiger partial charge < -0.3 is 38.9 Å². The van der Waals surface area contributed by atoms with Crippen LogP contribution in [0.15, 0.2) is 0 Å². The van der Waals surface area contributed by atoms with Crippen molar-refractivity contribution in [3.8, 4) is 0 Å². The number of phosphoric acid groups is 2. The SMILES string of the molecule is CCCCCC(=O)OC1[C@@H](OC(=O)CCCCC)[C@H](OP(=O)(O)O)C(O)[C@@H](OP(=O)(O)O)[C@H]1OC(=O)CCCCC. The van der Waals surface area contributed by atoms with Gasteiger partial charge in [-0.05, 0) is 19.3 Å². The van der Waals surface area contributed by atoms with Crippen molar-refractivity contribution < 1.29 is 71.5 Å². The Bertz CT molecular complexity index is 857. The standard InChI is InChI=1S/C24H44O15P2/c1-4-7-10-13-16(25)35-22-20(38-40(29,30)31)19(28)21(39-41(32,33)34)23(36-17(26)14-11-8-5-2)24(22)37-18(27)15-12-9-6-3/h19-24,28H,4-15H2,1-3H3,(H2,29,30,31)(H2,32,33,34)/t19?,20-,21-,22-,23+,24?/m1/s1. The van der Waals surface area contributed by atoms with Gasteiger partial charge in [-0.15, -0.1) is 0 Å². The van der Waals surface area contributed by atoms with Crippen molar-refractivity contribution in [2.45, 2.75) is 134 Å². The first-order chi connectivity index (χ1) is 19.1. The maximum Gasteiger partial charge on any atom is 0.470 e.